The van der Waals surface area contributed by atoms with Crippen molar-refractivity contribution in [3.63, 3.8) is 0 Å². The van der Waals surface area contributed by atoms with Gasteiger partial charge in [0, 0.05) is 12.2 Å². The van der Waals surface area contributed by atoms with Crippen molar-refractivity contribution in [2.24, 2.45) is 0 Å². The Kier molecular flexibility index (Phi) is 3.67. The fraction of sp³-hybridized carbons (Fsp3) is 0.133. The molecule has 0 unspecified atom stereocenters. The van der Waals surface area contributed by atoms with E-state index in [1.54, 1.807) is 24.3 Å². The van der Waals surface area contributed by atoms with Gasteiger partial charge in [-0.25, -0.2) is 4.39 Å². The molecule has 0 saturated heterocycles. The van der Waals surface area contributed by atoms with E-state index in [9.17, 15) is 4.39 Å². The van der Waals surface area contributed by atoms with Crippen molar-refractivity contribution >= 4 is 17.1 Å². The van der Waals surface area contributed by atoms with Crippen molar-refractivity contribution in [1.82, 2.24) is 0 Å². The number of anilines is 3. The predicted molar refractivity (Wildman–Crippen MR) is 74.6 cm³/mol. The van der Waals surface area contributed by atoms with Crippen molar-refractivity contribution in [2.75, 3.05) is 17.2 Å². The van der Waals surface area contributed by atoms with Crippen LogP contribution in [0.4, 0.5) is 21.5 Å². The number of nitrogens with zero attached hydrogens (tertiary/aromatic N) is 2. The van der Waals surface area contributed by atoms with E-state index >= 15 is 0 Å². The number of rotatable bonds is 3. The molecule has 2 aromatic carbocycles. The second kappa shape index (κ2) is 5.40. The van der Waals surface area contributed by atoms with Crippen LogP contribution >= 0.6 is 0 Å². The first-order valence-electron chi connectivity index (χ1n) is 5.99. The van der Waals surface area contributed by atoms with Crippen molar-refractivity contribution in [3.8, 4) is 6.07 Å². The molecular weight excluding hydrogens is 241 g/mol. The Morgan fingerprint density at radius 2 is 1.89 bits per heavy atom. The number of benzene rings is 2. The molecule has 2 rings (SSSR count). The molecule has 0 amide bonds. The average Bonchev–Trinajstić information content (AvgIpc) is 2.43. The topological polar surface area (TPSA) is 53.0 Å². The molecule has 0 saturated carbocycles. The zero-order valence-electron chi connectivity index (χ0n) is 10.6. The molecule has 19 heavy (non-hydrogen) atoms. The second-order valence-electron chi connectivity index (χ2n) is 4.07. The van der Waals surface area contributed by atoms with E-state index in [1.165, 1.54) is 12.1 Å². The van der Waals surface area contributed by atoms with Gasteiger partial charge in [-0.2, -0.15) is 5.26 Å². The summed E-state index contributed by atoms with van der Waals surface area (Å²) in [6.45, 7) is 2.65. The Hall–Kier alpha value is -2.54. The first kappa shape index (κ1) is 12.9. The number of halogens is 1. The highest BCUT2D eigenvalue weighted by molar-refractivity contribution is 5.78. The van der Waals surface area contributed by atoms with Crippen LogP contribution in [-0.4, -0.2) is 6.54 Å². The largest absolute Gasteiger partial charge is 0.396 e. The van der Waals surface area contributed by atoms with Gasteiger partial charge >= 0.3 is 0 Å². The lowest BCUT2D eigenvalue weighted by Gasteiger charge is -2.25. The molecule has 4 heteroatoms. The van der Waals surface area contributed by atoms with E-state index in [1.807, 2.05) is 17.9 Å². The number of hydrogen-bond acceptors (Lipinski definition) is 3. The van der Waals surface area contributed by atoms with E-state index in [0.717, 1.165) is 11.4 Å². The lowest BCUT2D eigenvalue weighted by atomic mass is 10.1. The molecule has 0 fully saturated rings. The van der Waals surface area contributed by atoms with Crippen LogP contribution in [0.5, 0.6) is 0 Å². The minimum atomic E-state index is -0.279. The Labute approximate surface area is 111 Å². The zero-order chi connectivity index (χ0) is 13.8. The summed E-state index contributed by atoms with van der Waals surface area (Å²) >= 11 is 0. The first-order valence-corrected chi connectivity index (χ1v) is 5.99. The van der Waals surface area contributed by atoms with Crippen molar-refractivity contribution in [2.45, 2.75) is 6.92 Å². The van der Waals surface area contributed by atoms with Gasteiger partial charge in [-0.15, -0.1) is 0 Å². The van der Waals surface area contributed by atoms with E-state index in [2.05, 4.69) is 6.07 Å². The summed E-state index contributed by atoms with van der Waals surface area (Å²) in [6, 6.07) is 13.6. The molecule has 2 N–H and O–H groups in total. The maximum atomic E-state index is 13.0. The predicted octanol–water partition coefficient (Wildman–Crippen LogP) is 3.44. The van der Waals surface area contributed by atoms with Gasteiger partial charge in [0.05, 0.1) is 16.9 Å². The molecule has 0 atom stereocenters. The smallest absolute Gasteiger partial charge is 0.123 e. The maximum absolute atomic E-state index is 13.0. The van der Waals surface area contributed by atoms with E-state index in [4.69, 9.17) is 11.0 Å². The van der Waals surface area contributed by atoms with Gasteiger partial charge in [-0.05, 0) is 43.3 Å². The average molecular weight is 255 g/mol. The summed E-state index contributed by atoms with van der Waals surface area (Å²) in [5.74, 6) is -0.279. The number of hydrogen-bond donors (Lipinski definition) is 1. The van der Waals surface area contributed by atoms with Gasteiger partial charge in [-0.3, -0.25) is 0 Å². The molecule has 2 aromatic rings. The third-order valence-electron chi connectivity index (χ3n) is 2.95. The molecule has 0 bridgehead atoms. The highest BCUT2D eigenvalue weighted by Gasteiger charge is 2.12. The standard InChI is InChI=1S/C15H14FN3/c1-2-19(13-8-6-12(16)7-9-13)14-5-3-4-11(10-17)15(14)18/h3-9H,2,18H2,1H3. The Morgan fingerprint density at radius 3 is 2.47 bits per heavy atom. The second-order valence-corrected chi connectivity index (χ2v) is 4.07. The van der Waals surface area contributed by atoms with E-state index < -0.39 is 0 Å². The fourth-order valence-corrected chi connectivity index (χ4v) is 2.00. The van der Waals surface area contributed by atoms with Crippen LogP contribution < -0.4 is 10.6 Å². The summed E-state index contributed by atoms with van der Waals surface area (Å²) in [5, 5.41) is 9.01. The summed E-state index contributed by atoms with van der Waals surface area (Å²) in [6.07, 6.45) is 0. The highest BCUT2D eigenvalue weighted by atomic mass is 19.1. The van der Waals surface area contributed by atoms with Crippen LogP contribution in [0.25, 0.3) is 0 Å². The third kappa shape index (κ3) is 2.50. The van der Waals surface area contributed by atoms with Gasteiger partial charge in [0.2, 0.25) is 0 Å². The van der Waals surface area contributed by atoms with Crippen molar-refractivity contribution in [3.05, 3.63) is 53.8 Å². The summed E-state index contributed by atoms with van der Waals surface area (Å²) < 4.78 is 13.0. The minimum Gasteiger partial charge on any atom is -0.396 e. The van der Waals surface area contributed by atoms with Gasteiger partial charge in [0.1, 0.15) is 11.9 Å². The maximum Gasteiger partial charge on any atom is 0.123 e. The number of para-hydroxylation sites is 1. The summed E-state index contributed by atoms with van der Waals surface area (Å²) in [4.78, 5) is 1.94. The van der Waals surface area contributed by atoms with Crippen LogP contribution in [0.2, 0.25) is 0 Å². The molecule has 0 aliphatic heterocycles. The molecule has 0 radical (unpaired) electrons. The van der Waals surface area contributed by atoms with Crippen LogP contribution in [-0.2, 0) is 0 Å². The van der Waals surface area contributed by atoms with Gasteiger partial charge in [-0.1, -0.05) is 6.07 Å². The molecule has 0 spiro atoms. The quantitative estimate of drug-likeness (QED) is 0.855. The van der Waals surface area contributed by atoms with Crippen molar-refractivity contribution in [1.29, 1.82) is 5.26 Å². The van der Waals surface area contributed by atoms with Crippen LogP contribution in [0.3, 0.4) is 0 Å². The number of nitrogen functional groups attached to an aromatic ring is 1. The van der Waals surface area contributed by atoms with Gasteiger partial charge in [0.25, 0.3) is 0 Å². The normalized spacial score (nSPS) is 9.95. The Bertz CT molecular complexity index is 614. The number of nitrogens with two attached hydrogens (primary N) is 1. The van der Waals surface area contributed by atoms with Crippen LogP contribution in [0.1, 0.15) is 12.5 Å². The van der Waals surface area contributed by atoms with Crippen molar-refractivity contribution < 1.29 is 4.39 Å². The zero-order valence-corrected chi connectivity index (χ0v) is 10.6. The fourth-order valence-electron chi connectivity index (χ4n) is 2.00. The summed E-state index contributed by atoms with van der Waals surface area (Å²) in [7, 11) is 0. The van der Waals surface area contributed by atoms with Gasteiger partial charge in [0.15, 0.2) is 0 Å². The Balaban J connectivity index is 2.49. The molecular formula is C15H14FN3. The lowest BCUT2D eigenvalue weighted by molar-refractivity contribution is 0.628. The first-order chi connectivity index (χ1) is 9.17. The lowest BCUT2D eigenvalue weighted by Crippen LogP contribution is -2.17. The molecule has 96 valence electrons. The van der Waals surface area contributed by atoms with Gasteiger partial charge < -0.3 is 10.6 Å². The molecule has 0 heterocycles. The minimum absolute atomic E-state index is 0.279. The molecule has 0 aliphatic rings. The monoisotopic (exact) mass is 255 g/mol. The van der Waals surface area contributed by atoms with E-state index in [0.29, 0.717) is 17.8 Å². The SMILES string of the molecule is CCN(c1ccc(F)cc1)c1cccc(C#N)c1N. The third-order valence-corrected chi connectivity index (χ3v) is 2.95. The highest BCUT2D eigenvalue weighted by Crippen LogP contribution is 2.32. The van der Waals surface area contributed by atoms with Crippen LogP contribution in [0.15, 0.2) is 42.5 Å². The Morgan fingerprint density at radius 1 is 1.21 bits per heavy atom. The molecule has 3 nitrogen and oxygen atoms in total. The van der Waals surface area contributed by atoms with E-state index in [-0.39, 0.29) is 5.82 Å². The molecule has 0 aliphatic carbocycles. The summed E-state index contributed by atoms with van der Waals surface area (Å²) in [5.41, 5.74) is 8.48. The van der Waals surface area contributed by atoms with Crippen LogP contribution in [0, 0.1) is 17.1 Å². The number of nitriles is 1. The molecule has 0 aromatic heterocycles.